The quantitative estimate of drug-likeness (QED) is 0.349. The first-order chi connectivity index (χ1) is 19.1. The predicted octanol–water partition coefficient (Wildman–Crippen LogP) is 7.04. The fourth-order valence-corrected chi connectivity index (χ4v) is 6.37. The third-order valence-corrected chi connectivity index (χ3v) is 8.85. The first kappa shape index (κ1) is 29.5. The lowest BCUT2D eigenvalue weighted by molar-refractivity contribution is -0.161. The van der Waals surface area contributed by atoms with Crippen molar-refractivity contribution in [3.05, 3.63) is 57.4 Å². The summed E-state index contributed by atoms with van der Waals surface area (Å²) in [6, 6.07) is 4.18. The molecule has 3 aliphatic rings. The van der Waals surface area contributed by atoms with E-state index in [-0.39, 0.29) is 59.0 Å². The maximum atomic E-state index is 14.1. The Hall–Kier alpha value is -2.94. The summed E-state index contributed by atoms with van der Waals surface area (Å²) < 4.78 is 49.2. The maximum Gasteiger partial charge on any atom is 0.398 e. The van der Waals surface area contributed by atoms with Crippen molar-refractivity contribution in [3.8, 4) is 0 Å². The molecule has 0 spiro atoms. The molecule has 0 aliphatic heterocycles. The van der Waals surface area contributed by atoms with E-state index in [9.17, 15) is 27.6 Å². The molecule has 6 nitrogen and oxygen atoms in total. The SMILES string of the molecule is CC(=O)C1CCc2c(C3=CCC(C(=O)OC(C)(C)C)CC3)nn(C(=O)c3c(Cl)cccc3C3(C(F)(F)F)CC3)c2C1. The van der Waals surface area contributed by atoms with Crippen LogP contribution in [0.4, 0.5) is 13.2 Å². The predicted molar refractivity (Wildman–Crippen MR) is 148 cm³/mol. The summed E-state index contributed by atoms with van der Waals surface area (Å²) in [5, 5.41) is 4.63. The third-order valence-electron chi connectivity index (χ3n) is 8.53. The number of rotatable bonds is 5. The van der Waals surface area contributed by atoms with Gasteiger partial charge >= 0.3 is 12.1 Å². The summed E-state index contributed by atoms with van der Waals surface area (Å²) in [6.07, 6.45) is 0.0976. The number of ketones is 1. The van der Waals surface area contributed by atoms with Gasteiger partial charge < -0.3 is 4.74 Å². The lowest BCUT2D eigenvalue weighted by atomic mass is 9.81. The van der Waals surface area contributed by atoms with Gasteiger partial charge in [0.05, 0.1) is 33.3 Å². The molecule has 0 N–H and O–H groups in total. The fraction of sp³-hybridized carbons (Fsp3) is 0.548. The van der Waals surface area contributed by atoms with Crippen LogP contribution in [0.5, 0.6) is 0 Å². The highest BCUT2D eigenvalue weighted by atomic mass is 35.5. The van der Waals surface area contributed by atoms with Crippen molar-refractivity contribution >= 4 is 34.8 Å². The van der Waals surface area contributed by atoms with E-state index in [0.29, 0.717) is 43.5 Å². The van der Waals surface area contributed by atoms with Gasteiger partial charge in [-0.2, -0.15) is 23.0 Å². The molecule has 3 aliphatic carbocycles. The Kier molecular flexibility index (Phi) is 7.50. The van der Waals surface area contributed by atoms with Gasteiger partial charge in [0.15, 0.2) is 0 Å². The zero-order valence-corrected chi connectivity index (χ0v) is 24.4. The summed E-state index contributed by atoms with van der Waals surface area (Å²) in [6.45, 7) is 6.97. The van der Waals surface area contributed by atoms with E-state index >= 15 is 0 Å². The number of benzene rings is 1. The highest BCUT2D eigenvalue weighted by molar-refractivity contribution is 6.34. The van der Waals surface area contributed by atoms with Gasteiger partial charge in [-0.25, -0.2) is 0 Å². The number of fused-ring (bicyclic) bond motifs is 1. The van der Waals surface area contributed by atoms with Gasteiger partial charge in [0.2, 0.25) is 0 Å². The van der Waals surface area contributed by atoms with Gasteiger partial charge in [0.1, 0.15) is 11.4 Å². The molecule has 1 aromatic carbocycles. The molecule has 2 atom stereocenters. The molecule has 0 bridgehead atoms. The van der Waals surface area contributed by atoms with Crippen LogP contribution < -0.4 is 0 Å². The number of carbonyl (C=O) groups excluding carboxylic acids is 3. The number of halogens is 4. The molecule has 0 amide bonds. The van der Waals surface area contributed by atoms with Crippen molar-refractivity contribution in [2.75, 3.05) is 0 Å². The highest BCUT2D eigenvalue weighted by Gasteiger charge is 2.65. The first-order valence-corrected chi connectivity index (χ1v) is 14.4. The van der Waals surface area contributed by atoms with E-state index in [2.05, 4.69) is 0 Å². The third kappa shape index (κ3) is 5.49. The Morgan fingerprint density at radius 1 is 1.07 bits per heavy atom. The van der Waals surface area contributed by atoms with Crippen LogP contribution >= 0.6 is 11.6 Å². The Balaban J connectivity index is 1.55. The lowest BCUT2D eigenvalue weighted by Gasteiger charge is -2.26. The topological polar surface area (TPSA) is 78.3 Å². The van der Waals surface area contributed by atoms with Crippen molar-refractivity contribution in [1.29, 1.82) is 0 Å². The van der Waals surface area contributed by atoms with E-state index in [1.54, 1.807) is 0 Å². The number of esters is 1. The highest BCUT2D eigenvalue weighted by Crippen LogP contribution is 2.60. The number of nitrogens with zero attached hydrogens (tertiary/aromatic N) is 2. The van der Waals surface area contributed by atoms with Gasteiger partial charge in [0.25, 0.3) is 5.91 Å². The molecular formula is C31H34ClF3N2O4. The molecule has 1 aromatic heterocycles. The zero-order valence-electron chi connectivity index (χ0n) is 23.7. The minimum absolute atomic E-state index is 0.0121. The molecule has 2 aromatic rings. The largest absolute Gasteiger partial charge is 0.460 e. The number of allylic oxidation sites excluding steroid dienone is 2. The maximum absolute atomic E-state index is 14.1. The van der Waals surface area contributed by atoms with E-state index < -0.39 is 23.1 Å². The normalized spacial score (nSPS) is 22.0. The minimum Gasteiger partial charge on any atom is -0.460 e. The summed E-state index contributed by atoms with van der Waals surface area (Å²) >= 11 is 6.43. The van der Waals surface area contributed by atoms with Gasteiger partial charge in [0, 0.05) is 11.5 Å². The van der Waals surface area contributed by atoms with E-state index in [0.717, 1.165) is 11.1 Å². The van der Waals surface area contributed by atoms with Gasteiger partial charge in [-0.3, -0.25) is 14.4 Å². The Morgan fingerprint density at radius 3 is 2.32 bits per heavy atom. The Morgan fingerprint density at radius 2 is 1.76 bits per heavy atom. The van der Waals surface area contributed by atoms with Crippen LogP contribution in [-0.2, 0) is 32.6 Å². The number of Topliss-reactive ketones (excluding diaryl/α,β-unsaturated/α-hetero) is 1. The number of hydrogen-bond donors (Lipinski definition) is 0. The first-order valence-electron chi connectivity index (χ1n) is 14.1. The molecule has 0 saturated heterocycles. The summed E-state index contributed by atoms with van der Waals surface area (Å²) in [5.74, 6) is -1.60. The monoisotopic (exact) mass is 590 g/mol. The van der Waals surface area contributed by atoms with Crippen molar-refractivity contribution in [3.63, 3.8) is 0 Å². The molecule has 1 saturated carbocycles. The zero-order chi connectivity index (χ0) is 29.9. The van der Waals surface area contributed by atoms with Crippen LogP contribution in [0.1, 0.15) is 99.1 Å². The molecule has 10 heteroatoms. The molecule has 1 fully saturated rings. The average molecular weight is 591 g/mol. The molecule has 0 radical (unpaired) electrons. The Labute approximate surface area is 242 Å². The molecule has 5 rings (SSSR count). The number of hydrogen-bond acceptors (Lipinski definition) is 5. The van der Waals surface area contributed by atoms with Crippen molar-refractivity contribution < 1.29 is 32.3 Å². The summed E-state index contributed by atoms with van der Waals surface area (Å²) in [7, 11) is 0. The second kappa shape index (κ2) is 10.4. The smallest absolute Gasteiger partial charge is 0.398 e. The molecule has 41 heavy (non-hydrogen) atoms. The minimum atomic E-state index is -4.53. The van der Waals surface area contributed by atoms with Crippen molar-refractivity contribution in [2.24, 2.45) is 11.8 Å². The fourth-order valence-electron chi connectivity index (χ4n) is 6.11. The Bertz CT molecular complexity index is 1450. The van der Waals surface area contributed by atoms with E-state index in [1.807, 2.05) is 26.8 Å². The molecular weight excluding hydrogens is 557 g/mol. The van der Waals surface area contributed by atoms with Crippen LogP contribution in [0, 0.1) is 11.8 Å². The van der Waals surface area contributed by atoms with Gasteiger partial charge in [-0.05, 0) is 96.3 Å². The number of carbonyl (C=O) groups is 3. The number of aromatic nitrogens is 2. The number of alkyl halides is 3. The van der Waals surface area contributed by atoms with Crippen LogP contribution in [-0.4, -0.2) is 39.2 Å². The van der Waals surface area contributed by atoms with Crippen LogP contribution in [0.15, 0.2) is 24.3 Å². The lowest BCUT2D eigenvalue weighted by Crippen LogP contribution is -2.32. The van der Waals surface area contributed by atoms with Crippen molar-refractivity contribution in [1.82, 2.24) is 9.78 Å². The van der Waals surface area contributed by atoms with Crippen LogP contribution in [0.25, 0.3) is 5.57 Å². The van der Waals surface area contributed by atoms with Crippen LogP contribution in [0.2, 0.25) is 5.02 Å². The standard InChI is InChI=1S/C31H34ClF3N2O4/c1-17(38)20-12-13-21-24(16-20)37(36-26(21)18-8-10-19(11-9-18)28(40)41-29(2,3)4)27(39)25-22(6-5-7-23(25)32)30(14-15-30)31(33,34)35/h5-8,19-20H,9-16H2,1-4H3. The van der Waals surface area contributed by atoms with Gasteiger partial charge in [-0.15, -0.1) is 0 Å². The van der Waals surface area contributed by atoms with E-state index in [4.69, 9.17) is 21.4 Å². The van der Waals surface area contributed by atoms with Crippen molar-refractivity contribution in [2.45, 2.75) is 96.3 Å². The van der Waals surface area contributed by atoms with Gasteiger partial charge in [-0.1, -0.05) is 29.8 Å². The molecule has 2 unspecified atom stereocenters. The van der Waals surface area contributed by atoms with Crippen LogP contribution in [0.3, 0.4) is 0 Å². The average Bonchev–Trinajstić information content (AvgIpc) is 3.63. The second-order valence-electron chi connectivity index (χ2n) is 12.5. The molecule has 220 valence electrons. The second-order valence-corrected chi connectivity index (χ2v) is 12.9. The van der Waals surface area contributed by atoms with E-state index in [1.165, 1.54) is 29.8 Å². The summed E-state index contributed by atoms with van der Waals surface area (Å²) in [5.41, 5.74) is -0.195. The summed E-state index contributed by atoms with van der Waals surface area (Å²) in [4.78, 5) is 39.0. The molecule has 1 heterocycles. The number of ether oxygens (including phenoxy) is 1.